The third-order valence-electron chi connectivity index (χ3n) is 5.03. The number of carbonyl (C=O) groups excluding carboxylic acids is 1. The Morgan fingerprint density at radius 3 is 2.42 bits per heavy atom. The topological polar surface area (TPSA) is 88.2 Å². The number of carbonyl (C=O) groups is 1. The zero-order valence-corrected chi connectivity index (χ0v) is 19.9. The number of ether oxygens (including phenoxy) is 2. The molecule has 1 aromatic heterocycles. The molecule has 0 spiro atoms. The zero-order valence-electron chi connectivity index (χ0n) is 17.5. The maximum Gasteiger partial charge on any atom is 0.240 e. The van der Waals surface area contributed by atoms with Crippen molar-refractivity contribution in [3.8, 4) is 11.5 Å². The van der Waals surface area contributed by atoms with E-state index in [1.165, 1.54) is 37.3 Å². The molecule has 2 heterocycles. The van der Waals surface area contributed by atoms with Gasteiger partial charge in [-0.15, -0.1) is 11.3 Å². The second-order valence-electron chi connectivity index (χ2n) is 7.03. The average Bonchev–Trinajstić information content (AvgIpc) is 3.17. The molecule has 0 atom stereocenters. The van der Waals surface area contributed by atoms with Crippen LogP contribution in [0.4, 0.5) is 0 Å². The predicted molar refractivity (Wildman–Crippen MR) is 121 cm³/mol. The van der Waals surface area contributed by atoms with Crippen molar-refractivity contribution in [1.82, 2.24) is 14.5 Å². The molecular weight excluding hydrogens is 462 g/mol. The third-order valence-corrected chi connectivity index (χ3v) is 7.70. The van der Waals surface area contributed by atoms with Crippen LogP contribution < -0.4 is 14.2 Å². The van der Waals surface area contributed by atoms with Crippen molar-refractivity contribution >= 4 is 38.9 Å². The van der Waals surface area contributed by atoms with E-state index < -0.39 is 10.0 Å². The van der Waals surface area contributed by atoms with Gasteiger partial charge in [-0.2, -0.15) is 0 Å². The van der Waals surface area contributed by atoms with Crippen LogP contribution in [0.2, 0.25) is 4.34 Å². The Hall–Kier alpha value is -1.85. The summed E-state index contributed by atoms with van der Waals surface area (Å²) in [5.41, 5.74) is 0. The standard InChI is InChI=1S/C20H26ClN3O5S2/c1-28-17-5-4-16(13-18(17)29-2)31(26,27)22-8-7-20(25)24-11-9-23(10-12-24)14-15-3-6-19(21)30-15/h3-6,13,22H,7-12,14H2,1-2H3. The first kappa shape index (κ1) is 23.8. The van der Waals surface area contributed by atoms with E-state index >= 15 is 0 Å². The number of sulfonamides is 1. The predicted octanol–water partition coefficient (Wildman–Crippen LogP) is 2.43. The molecule has 1 aliphatic heterocycles. The molecule has 0 radical (unpaired) electrons. The van der Waals surface area contributed by atoms with Crippen LogP contribution in [0.15, 0.2) is 35.2 Å². The molecule has 1 aliphatic rings. The number of piperazine rings is 1. The van der Waals surface area contributed by atoms with Crippen molar-refractivity contribution in [1.29, 1.82) is 0 Å². The van der Waals surface area contributed by atoms with Crippen molar-refractivity contribution in [2.45, 2.75) is 17.9 Å². The number of benzene rings is 1. The van der Waals surface area contributed by atoms with Crippen LogP contribution in [-0.4, -0.2) is 71.1 Å². The van der Waals surface area contributed by atoms with Crippen LogP contribution in [-0.2, 0) is 21.4 Å². The highest BCUT2D eigenvalue weighted by Crippen LogP contribution is 2.29. The second-order valence-corrected chi connectivity index (χ2v) is 10.6. The molecular formula is C20H26ClN3O5S2. The van der Waals surface area contributed by atoms with E-state index in [0.29, 0.717) is 24.6 Å². The Kier molecular flexibility index (Phi) is 8.17. The van der Waals surface area contributed by atoms with Gasteiger partial charge < -0.3 is 14.4 Å². The van der Waals surface area contributed by atoms with Gasteiger partial charge >= 0.3 is 0 Å². The number of hydrogen-bond donors (Lipinski definition) is 1. The summed E-state index contributed by atoms with van der Waals surface area (Å²) < 4.78 is 38.6. The smallest absolute Gasteiger partial charge is 0.240 e. The quantitative estimate of drug-likeness (QED) is 0.584. The van der Waals surface area contributed by atoms with Crippen LogP contribution in [0.1, 0.15) is 11.3 Å². The van der Waals surface area contributed by atoms with Crippen molar-refractivity contribution in [3.63, 3.8) is 0 Å². The highest BCUT2D eigenvalue weighted by molar-refractivity contribution is 7.89. The molecule has 0 unspecified atom stereocenters. The van der Waals surface area contributed by atoms with Gasteiger partial charge in [0.25, 0.3) is 0 Å². The summed E-state index contributed by atoms with van der Waals surface area (Å²) >= 11 is 7.55. The summed E-state index contributed by atoms with van der Waals surface area (Å²) in [6.07, 6.45) is 0.104. The molecule has 0 aliphatic carbocycles. The molecule has 11 heteroatoms. The molecule has 1 N–H and O–H groups in total. The summed E-state index contributed by atoms with van der Waals surface area (Å²) in [5, 5.41) is 0. The van der Waals surface area contributed by atoms with Gasteiger partial charge in [0.05, 0.1) is 23.5 Å². The number of thiophene rings is 1. The molecule has 0 saturated carbocycles. The molecule has 2 aromatic rings. The van der Waals surface area contributed by atoms with Crippen LogP contribution in [0.3, 0.4) is 0 Å². The monoisotopic (exact) mass is 487 g/mol. The van der Waals surface area contributed by atoms with Gasteiger partial charge in [0.1, 0.15) is 0 Å². The van der Waals surface area contributed by atoms with E-state index in [-0.39, 0.29) is 23.8 Å². The molecule has 1 amide bonds. The van der Waals surface area contributed by atoms with Crippen molar-refractivity contribution in [2.24, 2.45) is 0 Å². The fourth-order valence-corrected chi connectivity index (χ4v) is 5.51. The fourth-order valence-electron chi connectivity index (χ4n) is 3.33. The summed E-state index contributed by atoms with van der Waals surface area (Å²) in [6, 6.07) is 8.27. The van der Waals surface area contributed by atoms with Gasteiger partial charge in [-0.1, -0.05) is 11.6 Å². The zero-order chi connectivity index (χ0) is 22.4. The molecule has 0 bridgehead atoms. The molecule has 31 heavy (non-hydrogen) atoms. The fraction of sp³-hybridized carbons (Fsp3) is 0.450. The van der Waals surface area contributed by atoms with E-state index in [9.17, 15) is 13.2 Å². The first-order chi connectivity index (χ1) is 14.8. The maximum absolute atomic E-state index is 12.5. The Morgan fingerprint density at radius 2 is 1.81 bits per heavy atom. The Morgan fingerprint density at radius 1 is 1.10 bits per heavy atom. The number of halogens is 1. The van der Waals surface area contributed by atoms with E-state index in [4.69, 9.17) is 21.1 Å². The normalized spacial score (nSPS) is 15.1. The minimum absolute atomic E-state index is 0.0312. The Bertz CT molecular complexity index is 1000. The van der Waals surface area contributed by atoms with Crippen molar-refractivity contribution in [3.05, 3.63) is 39.5 Å². The lowest BCUT2D eigenvalue weighted by molar-refractivity contribution is -0.132. The molecule has 1 saturated heterocycles. The van der Waals surface area contributed by atoms with E-state index in [1.54, 1.807) is 16.2 Å². The largest absolute Gasteiger partial charge is 0.493 e. The van der Waals surface area contributed by atoms with E-state index in [1.807, 2.05) is 12.1 Å². The highest BCUT2D eigenvalue weighted by Gasteiger charge is 2.22. The minimum Gasteiger partial charge on any atom is -0.493 e. The Balaban J connectivity index is 1.45. The number of amides is 1. The van der Waals surface area contributed by atoms with E-state index in [0.717, 1.165) is 24.0 Å². The number of methoxy groups -OCH3 is 2. The lowest BCUT2D eigenvalue weighted by Crippen LogP contribution is -2.48. The number of hydrogen-bond acceptors (Lipinski definition) is 7. The van der Waals surface area contributed by atoms with E-state index in [2.05, 4.69) is 9.62 Å². The lowest BCUT2D eigenvalue weighted by Gasteiger charge is -2.34. The summed E-state index contributed by atoms with van der Waals surface area (Å²) in [5.74, 6) is 0.705. The van der Waals surface area contributed by atoms with Gasteiger partial charge in [-0.25, -0.2) is 13.1 Å². The third kappa shape index (κ3) is 6.33. The number of nitrogens with one attached hydrogen (secondary N) is 1. The molecule has 1 fully saturated rings. The van der Waals surface area contributed by atoms with Gasteiger partial charge in [0.2, 0.25) is 15.9 Å². The van der Waals surface area contributed by atoms with Crippen molar-refractivity contribution in [2.75, 3.05) is 46.9 Å². The van der Waals surface area contributed by atoms with Gasteiger partial charge in [-0.05, 0) is 24.3 Å². The SMILES string of the molecule is COc1ccc(S(=O)(=O)NCCC(=O)N2CCN(Cc3ccc(Cl)s3)CC2)cc1OC. The first-order valence-corrected chi connectivity index (χ1v) is 12.5. The Labute approximate surface area is 191 Å². The van der Waals surface area contributed by atoms with Crippen LogP contribution in [0.5, 0.6) is 11.5 Å². The number of nitrogens with zero attached hydrogens (tertiary/aromatic N) is 2. The van der Waals surface area contributed by atoms with Gasteiger partial charge in [-0.3, -0.25) is 9.69 Å². The minimum atomic E-state index is -3.76. The first-order valence-electron chi connectivity index (χ1n) is 9.78. The average molecular weight is 488 g/mol. The maximum atomic E-state index is 12.5. The highest BCUT2D eigenvalue weighted by atomic mass is 35.5. The summed E-state index contributed by atoms with van der Waals surface area (Å²) in [4.78, 5) is 17.8. The number of rotatable bonds is 9. The summed E-state index contributed by atoms with van der Waals surface area (Å²) in [6.45, 7) is 3.66. The molecule has 170 valence electrons. The molecule has 3 rings (SSSR count). The van der Waals surface area contributed by atoms with Gasteiger partial charge in [0.15, 0.2) is 11.5 Å². The van der Waals surface area contributed by atoms with Crippen LogP contribution in [0, 0.1) is 0 Å². The van der Waals surface area contributed by atoms with Crippen LogP contribution >= 0.6 is 22.9 Å². The second kappa shape index (κ2) is 10.6. The van der Waals surface area contributed by atoms with Crippen molar-refractivity contribution < 1.29 is 22.7 Å². The lowest BCUT2D eigenvalue weighted by atomic mass is 10.2. The molecule has 1 aromatic carbocycles. The molecule has 8 nitrogen and oxygen atoms in total. The summed E-state index contributed by atoms with van der Waals surface area (Å²) in [7, 11) is -0.840. The van der Waals surface area contributed by atoms with Crippen LogP contribution in [0.25, 0.3) is 0 Å². The van der Waals surface area contributed by atoms with Gasteiger partial charge in [0, 0.05) is 56.6 Å².